The fraction of sp³-hybridized carbons (Fsp3) is 0.316. The Morgan fingerprint density at radius 3 is 2.30 bits per heavy atom. The van der Waals surface area contributed by atoms with Crippen LogP contribution in [0.3, 0.4) is 0 Å². The summed E-state index contributed by atoms with van der Waals surface area (Å²) in [6.07, 6.45) is 2.09. The first-order valence-electron chi connectivity index (χ1n) is 7.81. The fourth-order valence-corrected chi connectivity index (χ4v) is 2.71. The van der Waals surface area contributed by atoms with Crippen molar-refractivity contribution >= 4 is 29.1 Å². The highest BCUT2D eigenvalue weighted by atomic mass is 35.5. The van der Waals surface area contributed by atoms with Crippen LogP contribution in [-0.4, -0.2) is 5.91 Å². The third kappa shape index (κ3) is 5.26. The minimum absolute atomic E-state index is 0.00205. The molecule has 0 saturated heterocycles. The number of carbonyl (C=O) groups is 1. The first-order valence-corrected chi connectivity index (χ1v) is 8.57. The van der Waals surface area contributed by atoms with E-state index < -0.39 is 0 Å². The number of halogens is 2. The van der Waals surface area contributed by atoms with Crippen LogP contribution < -0.4 is 5.32 Å². The van der Waals surface area contributed by atoms with Crippen LogP contribution in [0.1, 0.15) is 43.0 Å². The van der Waals surface area contributed by atoms with Gasteiger partial charge < -0.3 is 5.32 Å². The highest BCUT2D eigenvalue weighted by Crippen LogP contribution is 2.23. The Hall–Kier alpha value is -1.51. The molecule has 2 rings (SSSR count). The zero-order valence-electron chi connectivity index (χ0n) is 13.4. The van der Waals surface area contributed by atoms with Crippen LogP contribution in [0, 0.1) is 0 Å². The van der Waals surface area contributed by atoms with Crippen molar-refractivity contribution in [2.75, 3.05) is 0 Å². The van der Waals surface area contributed by atoms with Crippen molar-refractivity contribution in [2.24, 2.45) is 0 Å². The zero-order chi connectivity index (χ0) is 16.8. The van der Waals surface area contributed by atoms with Crippen molar-refractivity contribution in [1.29, 1.82) is 0 Å². The molecule has 0 bridgehead atoms. The van der Waals surface area contributed by atoms with Gasteiger partial charge in [0.05, 0.1) is 16.1 Å². The molecule has 1 amide bonds. The number of amides is 1. The van der Waals surface area contributed by atoms with Crippen LogP contribution in [-0.2, 0) is 17.6 Å². The summed E-state index contributed by atoms with van der Waals surface area (Å²) in [6.45, 7) is 4.13. The summed E-state index contributed by atoms with van der Waals surface area (Å²) >= 11 is 11.9. The third-order valence-electron chi connectivity index (χ3n) is 3.89. The summed E-state index contributed by atoms with van der Waals surface area (Å²) in [6, 6.07) is 13.8. The molecule has 0 aromatic heterocycles. The highest BCUT2D eigenvalue weighted by Gasteiger charge is 2.10. The Labute approximate surface area is 147 Å². The van der Waals surface area contributed by atoms with E-state index in [4.69, 9.17) is 23.2 Å². The van der Waals surface area contributed by atoms with E-state index >= 15 is 0 Å². The molecule has 0 spiro atoms. The molecule has 0 unspecified atom stereocenters. The minimum atomic E-state index is 0.00205. The van der Waals surface area contributed by atoms with Crippen molar-refractivity contribution in [1.82, 2.24) is 5.32 Å². The second-order valence-corrected chi connectivity index (χ2v) is 6.45. The highest BCUT2D eigenvalue weighted by molar-refractivity contribution is 6.42. The summed E-state index contributed by atoms with van der Waals surface area (Å²) in [5, 5.41) is 4.09. The topological polar surface area (TPSA) is 29.1 Å². The predicted molar refractivity (Wildman–Crippen MR) is 97.2 cm³/mol. The van der Waals surface area contributed by atoms with Gasteiger partial charge in [-0.15, -0.1) is 0 Å². The van der Waals surface area contributed by atoms with E-state index in [1.807, 2.05) is 19.1 Å². The van der Waals surface area contributed by atoms with E-state index in [0.717, 1.165) is 17.5 Å². The van der Waals surface area contributed by atoms with Crippen molar-refractivity contribution in [3.63, 3.8) is 0 Å². The van der Waals surface area contributed by atoms with Gasteiger partial charge in [-0.3, -0.25) is 4.79 Å². The molecule has 23 heavy (non-hydrogen) atoms. The number of rotatable bonds is 6. The number of nitrogens with one attached hydrogen (secondary N) is 1. The van der Waals surface area contributed by atoms with Gasteiger partial charge in [0, 0.05) is 6.42 Å². The van der Waals surface area contributed by atoms with Gasteiger partial charge in [0.2, 0.25) is 5.91 Å². The van der Waals surface area contributed by atoms with E-state index in [2.05, 4.69) is 36.5 Å². The molecule has 0 heterocycles. The monoisotopic (exact) mass is 349 g/mol. The summed E-state index contributed by atoms with van der Waals surface area (Å²) in [5.74, 6) is 0.0307. The van der Waals surface area contributed by atoms with Crippen LogP contribution in [0.15, 0.2) is 42.5 Å². The number of benzene rings is 2. The molecule has 0 aliphatic carbocycles. The molecule has 4 heteroatoms. The first kappa shape index (κ1) is 17.8. The lowest BCUT2D eigenvalue weighted by Gasteiger charge is -2.15. The normalized spacial score (nSPS) is 12.0. The quantitative estimate of drug-likeness (QED) is 0.746. The van der Waals surface area contributed by atoms with Gasteiger partial charge in [0.1, 0.15) is 0 Å². The van der Waals surface area contributed by atoms with Crippen molar-refractivity contribution < 1.29 is 4.79 Å². The average Bonchev–Trinajstić information content (AvgIpc) is 2.56. The summed E-state index contributed by atoms with van der Waals surface area (Å²) in [4.78, 5) is 12.1. The Bertz CT molecular complexity index is 668. The molecule has 0 aliphatic rings. The van der Waals surface area contributed by atoms with E-state index in [-0.39, 0.29) is 11.9 Å². The lowest BCUT2D eigenvalue weighted by Crippen LogP contribution is -2.26. The molecule has 0 fully saturated rings. The molecule has 2 aromatic carbocycles. The second kappa shape index (κ2) is 8.37. The lowest BCUT2D eigenvalue weighted by atomic mass is 10.0. The number of carbonyl (C=O) groups excluding carboxylic acids is 1. The van der Waals surface area contributed by atoms with Gasteiger partial charge in [0.25, 0.3) is 0 Å². The van der Waals surface area contributed by atoms with Crippen molar-refractivity contribution in [3.8, 4) is 0 Å². The van der Waals surface area contributed by atoms with Gasteiger partial charge in [-0.2, -0.15) is 0 Å². The predicted octanol–water partition coefficient (Wildman–Crippen LogP) is 5.37. The minimum Gasteiger partial charge on any atom is -0.350 e. The van der Waals surface area contributed by atoms with Gasteiger partial charge in [-0.1, -0.05) is 60.5 Å². The Morgan fingerprint density at radius 1 is 1.04 bits per heavy atom. The van der Waals surface area contributed by atoms with Gasteiger partial charge in [-0.25, -0.2) is 0 Å². The van der Waals surface area contributed by atoms with Crippen LogP contribution in [0.2, 0.25) is 10.0 Å². The van der Waals surface area contributed by atoms with E-state index in [1.165, 1.54) is 5.56 Å². The molecule has 2 aromatic rings. The largest absolute Gasteiger partial charge is 0.350 e. The van der Waals surface area contributed by atoms with Gasteiger partial charge >= 0.3 is 0 Å². The van der Waals surface area contributed by atoms with Crippen LogP contribution in [0.5, 0.6) is 0 Å². The van der Waals surface area contributed by atoms with Crippen LogP contribution >= 0.6 is 23.2 Å². The van der Waals surface area contributed by atoms with Crippen molar-refractivity contribution in [2.45, 2.75) is 39.2 Å². The maximum atomic E-state index is 12.1. The standard InChI is InChI=1S/C19H21Cl2NO/c1-3-14-4-8-16(9-5-14)13(2)22-19(23)11-7-15-6-10-17(20)18(21)12-15/h4-6,8-10,12-13H,3,7,11H2,1-2H3,(H,22,23)/t13-/m0/s1. The Morgan fingerprint density at radius 2 is 1.70 bits per heavy atom. The summed E-state index contributed by atoms with van der Waals surface area (Å²) in [7, 11) is 0. The fourth-order valence-electron chi connectivity index (χ4n) is 2.39. The van der Waals surface area contributed by atoms with Crippen LogP contribution in [0.25, 0.3) is 0 Å². The maximum Gasteiger partial charge on any atom is 0.220 e. The molecule has 0 radical (unpaired) electrons. The van der Waals surface area contributed by atoms with Gasteiger partial charge in [-0.05, 0) is 48.6 Å². The first-order chi connectivity index (χ1) is 11.0. The molecule has 1 N–H and O–H groups in total. The third-order valence-corrected chi connectivity index (χ3v) is 4.63. The van der Waals surface area contributed by atoms with E-state index in [1.54, 1.807) is 6.07 Å². The van der Waals surface area contributed by atoms with Crippen molar-refractivity contribution in [3.05, 3.63) is 69.2 Å². The zero-order valence-corrected chi connectivity index (χ0v) is 14.9. The molecular formula is C19H21Cl2NO. The lowest BCUT2D eigenvalue weighted by molar-refractivity contribution is -0.121. The summed E-state index contributed by atoms with van der Waals surface area (Å²) < 4.78 is 0. The number of aryl methyl sites for hydroxylation is 2. The smallest absolute Gasteiger partial charge is 0.220 e. The molecule has 2 nitrogen and oxygen atoms in total. The SMILES string of the molecule is CCc1ccc([C@H](C)NC(=O)CCc2ccc(Cl)c(Cl)c2)cc1. The maximum absolute atomic E-state index is 12.1. The second-order valence-electron chi connectivity index (χ2n) is 5.63. The Kier molecular flexibility index (Phi) is 6.49. The number of hydrogen-bond acceptors (Lipinski definition) is 1. The molecular weight excluding hydrogens is 329 g/mol. The number of hydrogen-bond donors (Lipinski definition) is 1. The molecule has 1 atom stereocenters. The molecule has 0 saturated carbocycles. The van der Waals surface area contributed by atoms with E-state index in [9.17, 15) is 4.79 Å². The van der Waals surface area contributed by atoms with E-state index in [0.29, 0.717) is 22.9 Å². The molecule has 122 valence electrons. The van der Waals surface area contributed by atoms with Crippen LogP contribution in [0.4, 0.5) is 0 Å². The molecule has 0 aliphatic heterocycles. The summed E-state index contributed by atoms with van der Waals surface area (Å²) in [5.41, 5.74) is 3.42. The Balaban J connectivity index is 1.86. The van der Waals surface area contributed by atoms with Gasteiger partial charge in [0.15, 0.2) is 0 Å². The average molecular weight is 350 g/mol.